The van der Waals surface area contributed by atoms with Gasteiger partial charge in [0.05, 0.1) is 0 Å². The van der Waals surface area contributed by atoms with Gasteiger partial charge in [-0.1, -0.05) is 36.4 Å². The lowest BCUT2D eigenvalue weighted by atomic mass is 10.1. The van der Waals surface area contributed by atoms with E-state index in [1.165, 1.54) is 5.56 Å². The lowest BCUT2D eigenvalue weighted by Crippen LogP contribution is -2.40. The van der Waals surface area contributed by atoms with Gasteiger partial charge in [-0.2, -0.15) is 0 Å². The first-order chi connectivity index (χ1) is 13.2. The van der Waals surface area contributed by atoms with Gasteiger partial charge in [-0.05, 0) is 29.7 Å². The van der Waals surface area contributed by atoms with Gasteiger partial charge in [0, 0.05) is 42.4 Å². The van der Waals surface area contributed by atoms with E-state index in [0.29, 0.717) is 30.8 Å². The Hall–Kier alpha value is -1.81. The minimum absolute atomic E-state index is 0. The van der Waals surface area contributed by atoms with Crippen LogP contribution < -0.4 is 20.1 Å². The molecule has 0 spiro atoms. The van der Waals surface area contributed by atoms with Crippen molar-refractivity contribution in [3.63, 3.8) is 0 Å². The van der Waals surface area contributed by atoms with Gasteiger partial charge >= 0.3 is 0 Å². The molecule has 0 aromatic heterocycles. The second kappa shape index (κ2) is 11.9. The van der Waals surface area contributed by atoms with Crippen molar-refractivity contribution >= 4 is 40.7 Å². The summed E-state index contributed by atoms with van der Waals surface area (Å²) in [4.78, 5) is 4.21. The van der Waals surface area contributed by atoms with Crippen molar-refractivity contribution in [1.29, 1.82) is 0 Å². The highest BCUT2D eigenvalue weighted by Gasteiger charge is 2.13. The van der Waals surface area contributed by atoms with E-state index in [9.17, 15) is 4.21 Å². The van der Waals surface area contributed by atoms with Crippen LogP contribution in [-0.2, 0) is 23.0 Å². The monoisotopic (exact) mass is 515 g/mol. The van der Waals surface area contributed by atoms with Crippen molar-refractivity contribution < 1.29 is 13.7 Å². The number of hydrogen-bond donors (Lipinski definition) is 2. The standard InChI is InChI=1S/C20H25N3O3S.HI/c1-21-20(23-11-12-27(24)14-17-5-3-2-4-6-17)22-10-9-16-7-8-18-19(13-16)26-15-25-18;/h2-8,13H,9-12,14-15H2,1H3,(H2,21,22,23);1H. The van der Waals surface area contributed by atoms with Crippen molar-refractivity contribution in [2.75, 3.05) is 32.7 Å². The molecule has 0 saturated heterocycles. The van der Waals surface area contributed by atoms with Crippen molar-refractivity contribution in [2.45, 2.75) is 12.2 Å². The van der Waals surface area contributed by atoms with E-state index in [2.05, 4.69) is 15.6 Å². The zero-order valence-corrected chi connectivity index (χ0v) is 19.0. The first-order valence-electron chi connectivity index (χ1n) is 8.96. The maximum atomic E-state index is 12.2. The molecule has 0 amide bonds. The van der Waals surface area contributed by atoms with Crippen molar-refractivity contribution in [3.05, 3.63) is 59.7 Å². The maximum absolute atomic E-state index is 12.2. The van der Waals surface area contributed by atoms with Crippen LogP contribution in [0.25, 0.3) is 0 Å². The summed E-state index contributed by atoms with van der Waals surface area (Å²) in [6, 6.07) is 15.9. The zero-order valence-electron chi connectivity index (χ0n) is 15.8. The fraction of sp³-hybridized carbons (Fsp3) is 0.350. The average molecular weight is 515 g/mol. The van der Waals surface area contributed by atoms with Gasteiger partial charge in [-0.3, -0.25) is 9.20 Å². The molecular formula is C20H26IN3O3S. The highest BCUT2D eigenvalue weighted by Crippen LogP contribution is 2.32. The van der Waals surface area contributed by atoms with Crippen LogP contribution in [0, 0.1) is 0 Å². The van der Waals surface area contributed by atoms with E-state index in [1.54, 1.807) is 7.05 Å². The fourth-order valence-electron chi connectivity index (χ4n) is 2.76. The van der Waals surface area contributed by atoms with Gasteiger partial charge in [-0.15, -0.1) is 24.0 Å². The third kappa shape index (κ3) is 6.97. The van der Waals surface area contributed by atoms with Crippen LogP contribution in [0.2, 0.25) is 0 Å². The number of guanidine groups is 1. The van der Waals surface area contributed by atoms with Gasteiger partial charge in [0.15, 0.2) is 17.5 Å². The van der Waals surface area contributed by atoms with Crippen molar-refractivity contribution in [2.24, 2.45) is 4.99 Å². The second-order valence-electron chi connectivity index (χ2n) is 6.14. The molecule has 6 nitrogen and oxygen atoms in total. The third-order valence-corrected chi connectivity index (χ3v) is 5.47. The van der Waals surface area contributed by atoms with Crippen LogP contribution in [0.4, 0.5) is 0 Å². The van der Waals surface area contributed by atoms with Gasteiger partial charge in [0.2, 0.25) is 6.79 Å². The Morgan fingerprint density at radius 2 is 1.79 bits per heavy atom. The molecule has 0 radical (unpaired) electrons. The van der Waals surface area contributed by atoms with Gasteiger partial charge in [0.25, 0.3) is 0 Å². The molecule has 2 aromatic carbocycles. The summed E-state index contributed by atoms with van der Waals surface area (Å²) in [5.74, 6) is 3.48. The lowest BCUT2D eigenvalue weighted by molar-refractivity contribution is 0.174. The maximum Gasteiger partial charge on any atom is 0.231 e. The number of rotatable bonds is 8. The minimum atomic E-state index is -0.896. The fourth-order valence-corrected chi connectivity index (χ4v) is 3.80. The van der Waals surface area contributed by atoms with Crippen LogP contribution in [0.15, 0.2) is 53.5 Å². The number of fused-ring (bicyclic) bond motifs is 1. The minimum Gasteiger partial charge on any atom is -0.454 e. The smallest absolute Gasteiger partial charge is 0.231 e. The Labute approximate surface area is 185 Å². The molecule has 0 bridgehead atoms. The molecule has 0 saturated carbocycles. The quantitative estimate of drug-likeness (QED) is 0.322. The number of hydrogen-bond acceptors (Lipinski definition) is 4. The molecule has 3 rings (SSSR count). The molecule has 28 heavy (non-hydrogen) atoms. The predicted molar refractivity (Wildman–Crippen MR) is 124 cm³/mol. The van der Waals surface area contributed by atoms with Gasteiger partial charge < -0.3 is 20.1 Å². The molecule has 1 aliphatic rings. The predicted octanol–water partition coefficient (Wildman–Crippen LogP) is 2.69. The molecule has 1 unspecified atom stereocenters. The summed E-state index contributed by atoms with van der Waals surface area (Å²) in [6.45, 7) is 1.65. The van der Waals surface area contributed by atoms with E-state index in [0.717, 1.165) is 30.0 Å². The molecule has 0 aliphatic carbocycles. The molecule has 8 heteroatoms. The van der Waals surface area contributed by atoms with E-state index in [-0.39, 0.29) is 24.0 Å². The Morgan fingerprint density at radius 1 is 1.04 bits per heavy atom. The van der Waals surface area contributed by atoms with E-state index >= 15 is 0 Å². The molecule has 1 atom stereocenters. The zero-order chi connectivity index (χ0) is 18.9. The number of nitrogens with zero attached hydrogens (tertiary/aromatic N) is 1. The molecule has 2 aromatic rings. The molecule has 1 aliphatic heterocycles. The van der Waals surface area contributed by atoms with Crippen molar-refractivity contribution in [3.8, 4) is 11.5 Å². The van der Waals surface area contributed by atoms with Gasteiger partial charge in [0.1, 0.15) is 0 Å². The largest absolute Gasteiger partial charge is 0.454 e. The summed E-state index contributed by atoms with van der Waals surface area (Å²) in [6.07, 6.45) is 0.845. The number of aliphatic imine (C=N–C) groups is 1. The summed E-state index contributed by atoms with van der Waals surface area (Å²) in [5.41, 5.74) is 2.27. The normalized spacial score (nSPS) is 13.5. The number of nitrogens with one attached hydrogen (secondary N) is 2. The topological polar surface area (TPSA) is 72.0 Å². The Morgan fingerprint density at radius 3 is 2.57 bits per heavy atom. The van der Waals surface area contributed by atoms with Crippen LogP contribution in [0.5, 0.6) is 11.5 Å². The number of benzene rings is 2. The Balaban J connectivity index is 0.00000280. The third-order valence-electron chi connectivity index (χ3n) is 4.16. The Kier molecular flexibility index (Phi) is 9.56. The van der Waals surface area contributed by atoms with Crippen molar-refractivity contribution in [1.82, 2.24) is 10.6 Å². The molecule has 1 heterocycles. The first kappa shape index (κ1) is 22.5. The second-order valence-corrected chi connectivity index (χ2v) is 7.71. The van der Waals surface area contributed by atoms with Crippen LogP contribution in [0.3, 0.4) is 0 Å². The Bertz CT molecular complexity index is 803. The van der Waals surface area contributed by atoms with E-state index in [4.69, 9.17) is 9.47 Å². The van der Waals surface area contributed by atoms with Crippen LogP contribution in [0.1, 0.15) is 11.1 Å². The summed E-state index contributed by atoms with van der Waals surface area (Å²) in [7, 11) is 0.837. The van der Waals surface area contributed by atoms with E-state index in [1.807, 2.05) is 48.5 Å². The van der Waals surface area contributed by atoms with E-state index < -0.39 is 10.8 Å². The summed E-state index contributed by atoms with van der Waals surface area (Å²) in [5, 5.41) is 6.49. The molecule has 2 N–H and O–H groups in total. The highest BCUT2D eigenvalue weighted by molar-refractivity contribution is 14.0. The molecule has 0 fully saturated rings. The number of halogens is 1. The molecular weight excluding hydrogens is 489 g/mol. The van der Waals surface area contributed by atoms with Gasteiger partial charge in [-0.25, -0.2) is 0 Å². The number of ether oxygens (including phenoxy) is 2. The highest BCUT2D eigenvalue weighted by atomic mass is 127. The lowest BCUT2D eigenvalue weighted by Gasteiger charge is -2.12. The summed E-state index contributed by atoms with van der Waals surface area (Å²) >= 11 is 0. The SMILES string of the molecule is CN=C(NCCc1ccc2c(c1)OCO2)NCCS(=O)Cc1ccccc1.I. The average Bonchev–Trinajstić information content (AvgIpc) is 3.15. The molecule has 152 valence electrons. The first-order valence-corrected chi connectivity index (χ1v) is 10.5. The summed E-state index contributed by atoms with van der Waals surface area (Å²) < 4.78 is 22.9. The van der Waals surface area contributed by atoms with Crippen LogP contribution in [-0.4, -0.2) is 42.9 Å². The van der Waals surface area contributed by atoms with Crippen LogP contribution >= 0.6 is 24.0 Å².